The van der Waals surface area contributed by atoms with Crippen molar-refractivity contribution in [2.45, 2.75) is 0 Å². The number of halogens is 2. The van der Waals surface area contributed by atoms with E-state index in [0.29, 0.717) is 21.5 Å². The molecule has 3 nitrogen and oxygen atoms in total. The molecule has 0 aliphatic rings. The van der Waals surface area contributed by atoms with Gasteiger partial charge in [0.05, 0.1) is 4.47 Å². The van der Waals surface area contributed by atoms with E-state index < -0.39 is 0 Å². The Bertz CT molecular complexity index is 584. The molecule has 0 aromatic heterocycles. The number of rotatable bonds is 3. The molecule has 0 heterocycles. The normalized spacial score (nSPS) is 10.1. The SMILES string of the molecule is N=C(N)c1ccc(Oc2ccc(Br)c(F)c2)cc1. The number of nitrogens with one attached hydrogen (secondary N) is 1. The number of amidine groups is 1. The fourth-order valence-corrected chi connectivity index (χ4v) is 1.63. The van der Waals surface area contributed by atoms with Crippen LogP contribution >= 0.6 is 15.9 Å². The van der Waals surface area contributed by atoms with E-state index in [-0.39, 0.29) is 11.7 Å². The van der Waals surface area contributed by atoms with Crippen molar-refractivity contribution >= 4 is 21.8 Å². The number of hydrogen-bond donors (Lipinski definition) is 2. The summed E-state index contributed by atoms with van der Waals surface area (Å²) in [6.07, 6.45) is 0. The van der Waals surface area contributed by atoms with Crippen LogP contribution in [0.1, 0.15) is 5.56 Å². The summed E-state index contributed by atoms with van der Waals surface area (Å²) in [5.41, 5.74) is 5.96. The first-order valence-electron chi connectivity index (χ1n) is 5.13. The van der Waals surface area contributed by atoms with Crippen LogP contribution in [0, 0.1) is 11.2 Å². The Balaban J connectivity index is 2.18. The summed E-state index contributed by atoms with van der Waals surface area (Å²) in [5, 5.41) is 7.26. The summed E-state index contributed by atoms with van der Waals surface area (Å²) in [7, 11) is 0. The molecule has 0 unspecified atom stereocenters. The molecule has 92 valence electrons. The maximum absolute atomic E-state index is 13.3. The molecule has 5 heteroatoms. The zero-order valence-electron chi connectivity index (χ0n) is 9.28. The summed E-state index contributed by atoms with van der Waals surface area (Å²) in [4.78, 5) is 0. The molecule has 0 spiro atoms. The molecule has 0 aliphatic carbocycles. The summed E-state index contributed by atoms with van der Waals surface area (Å²) in [6.45, 7) is 0. The summed E-state index contributed by atoms with van der Waals surface area (Å²) in [6, 6.07) is 11.2. The Morgan fingerprint density at radius 2 is 1.72 bits per heavy atom. The second-order valence-electron chi connectivity index (χ2n) is 3.62. The van der Waals surface area contributed by atoms with E-state index in [0.717, 1.165) is 0 Å². The van der Waals surface area contributed by atoms with Crippen LogP contribution in [-0.4, -0.2) is 5.84 Å². The molecule has 0 saturated heterocycles. The minimum atomic E-state index is -0.382. The Labute approximate surface area is 112 Å². The molecule has 2 aromatic carbocycles. The van der Waals surface area contributed by atoms with Crippen molar-refractivity contribution in [2.75, 3.05) is 0 Å². The maximum atomic E-state index is 13.3. The standard InChI is InChI=1S/C13H10BrFN2O/c14-11-6-5-10(7-12(11)15)18-9-3-1-8(2-4-9)13(16)17/h1-7H,(H3,16,17). The van der Waals surface area contributed by atoms with Crippen LogP contribution in [0.25, 0.3) is 0 Å². The molecular weight excluding hydrogens is 299 g/mol. The highest BCUT2D eigenvalue weighted by atomic mass is 79.9. The summed E-state index contributed by atoms with van der Waals surface area (Å²) < 4.78 is 19.1. The van der Waals surface area contributed by atoms with Gasteiger partial charge in [0.25, 0.3) is 0 Å². The van der Waals surface area contributed by atoms with E-state index >= 15 is 0 Å². The Hall–Kier alpha value is -1.88. The zero-order chi connectivity index (χ0) is 13.1. The van der Waals surface area contributed by atoms with Crippen LogP contribution in [-0.2, 0) is 0 Å². The number of ether oxygens (including phenoxy) is 1. The van der Waals surface area contributed by atoms with Gasteiger partial charge in [-0.3, -0.25) is 5.41 Å². The highest BCUT2D eigenvalue weighted by Crippen LogP contribution is 2.25. The van der Waals surface area contributed by atoms with Gasteiger partial charge >= 0.3 is 0 Å². The topological polar surface area (TPSA) is 59.1 Å². The minimum Gasteiger partial charge on any atom is -0.457 e. The van der Waals surface area contributed by atoms with Crippen molar-refractivity contribution in [1.82, 2.24) is 0 Å². The van der Waals surface area contributed by atoms with Crippen molar-refractivity contribution in [1.29, 1.82) is 5.41 Å². The largest absolute Gasteiger partial charge is 0.457 e. The quantitative estimate of drug-likeness (QED) is 0.671. The molecule has 0 amide bonds. The number of benzene rings is 2. The predicted octanol–water partition coefficient (Wildman–Crippen LogP) is 3.66. The third-order valence-electron chi connectivity index (χ3n) is 2.29. The number of hydrogen-bond acceptors (Lipinski definition) is 2. The lowest BCUT2D eigenvalue weighted by Crippen LogP contribution is -2.10. The molecule has 0 aliphatic heterocycles. The highest BCUT2D eigenvalue weighted by Gasteiger charge is 2.03. The van der Waals surface area contributed by atoms with Crippen molar-refractivity contribution < 1.29 is 9.13 Å². The second kappa shape index (κ2) is 5.18. The van der Waals surface area contributed by atoms with E-state index in [1.54, 1.807) is 36.4 Å². The van der Waals surface area contributed by atoms with E-state index in [1.165, 1.54) is 6.07 Å². The fraction of sp³-hybridized carbons (Fsp3) is 0. The van der Waals surface area contributed by atoms with Crippen LogP contribution in [0.2, 0.25) is 0 Å². The van der Waals surface area contributed by atoms with Crippen LogP contribution in [0.4, 0.5) is 4.39 Å². The highest BCUT2D eigenvalue weighted by molar-refractivity contribution is 9.10. The van der Waals surface area contributed by atoms with Crippen molar-refractivity contribution in [3.8, 4) is 11.5 Å². The minimum absolute atomic E-state index is 0.00349. The van der Waals surface area contributed by atoms with Crippen molar-refractivity contribution in [3.63, 3.8) is 0 Å². The Morgan fingerprint density at radius 1 is 1.11 bits per heavy atom. The van der Waals surface area contributed by atoms with Gasteiger partial charge in [-0.25, -0.2) is 4.39 Å². The van der Waals surface area contributed by atoms with Gasteiger partial charge in [-0.1, -0.05) is 0 Å². The smallest absolute Gasteiger partial charge is 0.141 e. The van der Waals surface area contributed by atoms with Crippen LogP contribution < -0.4 is 10.5 Å². The monoisotopic (exact) mass is 308 g/mol. The van der Waals surface area contributed by atoms with Gasteiger partial charge in [0.1, 0.15) is 23.2 Å². The molecule has 18 heavy (non-hydrogen) atoms. The number of nitrogens with two attached hydrogens (primary N) is 1. The van der Waals surface area contributed by atoms with Gasteiger partial charge in [-0.2, -0.15) is 0 Å². The summed E-state index contributed by atoms with van der Waals surface area (Å²) >= 11 is 3.07. The van der Waals surface area contributed by atoms with E-state index in [2.05, 4.69) is 15.9 Å². The average molecular weight is 309 g/mol. The van der Waals surface area contributed by atoms with Gasteiger partial charge in [0.2, 0.25) is 0 Å². The molecule has 3 N–H and O–H groups in total. The van der Waals surface area contributed by atoms with Crippen LogP contribution in [0.5, 0.6) is 11.5 Å². The molecule has 0 radical (unpaired) electrons. The lowest BCUT2D eigenvalue weighted by atomic mass is 10.2. The van der Waals surface area contributed by atoms with Gasteiger partial charge in [-0.05, 0) is 52.3 Å². The van der Waals surface area contributed by atoms with E-state index in [1.807, 2.05) is 0 Å². The van der Waals surface area contributed by atoms with E-state index in [9.17, 15) is 4.39 Å². The van der Waals surface area contributed by atoms with Crippen molar-refractivity contribution in [2.24, 2.45) is 5.73 Å². The fourth-order valence-electron chi connectivity index (χ4n) is 1.38. The maximum Gasteiger partial charge on any atom is 0.141 e. The third-order valence-corrected chi connectivity index (χ3v) is 2.94. The predicted molar refractivity (Wildman–Crippen MR) is 71.6 cm³/mol. The van der Waals surface area contributed by atoms with Gasteiger partial charge in [-0.15, -0.1) is 0 Å². The van der Waals surface area contributed by atoms with Gasteiger partial charge in [0, 0.05) is 11.6 Å². The first kappa shape index (κ1) is 12.6. The second-order valence-corrected chi connectivity index (χ2v) is 4.47. The summed E-state index contributed by atoms with van der Waals surface area (Å²) in [5.74, 6) is 0.581. The van der Waals surface area contributed by atoms with Crippen molar-refractivity contribution in [3.05, 3.63) is 58.3 Å². The lowest BCUT2D eigenvalue weighted by molar-refractivity contribution is 0.476. The molecule has 0 bridgehead atoms. The average Bonchev–Trinajstić information content (AvgIpc) is 2.34. The van der Waals surface area contributed by atoms with Gasteiger partial charge < -0.3 is 10.5 Å². The Kier molecular flexibility index (Phi) is 3.62. The molecular formula is C13H10BrFN2O. The third kappa shape index (κ3) is 2.87. The van der Waals surface area contributed by atoms with Crippen LogP contribution in [0.15, 0.2) is 46.9 Å². The number of nitrogen functional groups attached to an aromatic ring is 1. The van der Waals surface area contributed by atoms with Gasteiger partial charge in [0.15, 0.2) is 0 Å². The first-order chi connectivity index (χ1) is 8.56. The lowest BCUT2D eigenvalue weighted by Gasteiger charge is -2.07. The van der Waals surface area contributed by atoms with Crippen LogP contribution in [0.3, 0.4) is 0 Å². The molecule has 2 rings (SSSR count). The first-order valence-corrected chi connectivity index (χ1v) is 5.93. The molecule has 2 aromatic rings. The molecule has 0 fully saturated rings. The van der Waals surface area contributed by atoms with E-state index in [4.69, 9.17) is 15.9 Å². The Morgan fingerprint density at radius 3 is 2.28 bits per heavy atom. The molecule has 0 saturated carbocycles. The zero-order valence-corrected chi connectivity index (χ0v) is 10.9. The molecule has 0 atom stereocenters.